The second-order valence-corrected chi connectivity index (χ2v) is 7.52. The monoisotopic (exact) mass is 261 g/mol. The normalized spacial score (nSPS) is 15.2. The fourth-order valence-electron chi connectivity index (χ4n) is 3.08. The van der Waals surface area contributed by atoms with Gasteiger partial charge in [-0.3, -0.25) is 0 Å². The lowest BCUT2D eigenvalue weighted by Gasteiger charge is -2.33. The van der Waals surface area contributed by atoms with E-state index in [9.17, 15) is 0 Å². The van der Waals surface area contributed by atoms with Gasteiger partial charge in [-0.2, -0.15) is 0 Å². The van der Waals surface area contributed by atoms with E-state index in [4.69, 9.17) is 4.74 Å². The maximum atomic E-state index is 5.54. The number of hydrogen-bond donors (Lipinski definition) is 1. The average Bonchev–Trinajstić information content (AvgIpc) is 2.70. The third kappa shape index (κ3) is 4.24. The van der Waals surface area contributed by atoms with E-state index in [0.29, 0.717) is 5.41 Å². The molecule has 0 saturated heterocycles. The minimum absolute atomic E-state index is 0.160. The van der Waals surface area contributed by atoms with Gasteiger partial charge in [0.05, 0.1) is 6.61 Å². The zero-order valence-electron chi connectivity index (χ0n) is 13.0. The lowest BCUT2D eigenvalue weighted by molar-refractivity contribution is 0.240. The van der Waals surface area contributed by atoms with Crippen LogP contribution in [0.4, 0.5) is 0 Å². The molecule has 1 aliphatic heterocycles. The van der Waals surface area contributed by atoms with Gasteiger partial charge in [-0.1, -0.05) is 32.9 Å². The SMILES string of the molecule is CC(C)(C)CC(C)(C)NCc1ccc2c(c1)CCO2. The van der Waals surface area contributed by atoms with Crippen LogP contribution in [0.1, 0.15) is 52.2 Å². The molecule has 0 unspecified atom stereocenters. The highest BCUT2D eigenvalue weighted by Crippen LogP contribution is 2.28. The molecule has 0 aromatic heterocycles. The smallest absolute Gasteiger partial charge is 0.122 e. The van der Waals surface area contributed by atoms with Crippen molar-refractivity contribution < 1.29 is 4.74 Å². The molecule has 0 spiro atoms. The Kier molecular flexibility index (Phi) is 3.91. The number of ether oxygens (including phenoxy) is 1. The van der Waals surface area contributed by atoms with E-state index < -0.39 is 0 Å². The number of nitrogens with one attached hydrogen (secondary N) is 1. The summed E-state index contributed by atoms with van der Waals surface area (Å²) in [5, 5.41) is 3.68. The van der Waals surface area contributed by atoms with Crippen LogP contribution in [0.15, 0.2) is 18.2 Å². The van der Waals surface area contributed by atoms with Crippen LogP contribution in [0.25, 0.3) is 0 Å². The third-order valence-corrected chi connectivity index (χ3v) is 3.50. The highest BCUT2D eigenvalue weighted by Gasteiger charge is 2.24. The first-order chi connectivity index (χ1) is 8.75. The Morgan fingerprint density at radius 3 is 2.58 bits per heavy atom. The molecule has 0 aliphatic carbocycles. The van der Waals surface area contributed by atoms with E-state index in [0.717, 1.165) is 31.7 Å². The van der Waals surface area contributed by atoms with E-state index in [1.54, 1.807) is 0 Å². The second-order valence-electron chi connectivity index (χ2n) is 7.52. The predicted molar refractivity (Wildman–Crippen MR) is 80.6 cm³/mol. The first-order valence-corrected chi connectivity index (χ1v) is 7.25. The molecule has 1 aromatic carbocycles. The maximum absolute atomic E-state index is 5.54. The molecule has 1 heterocycles. The molecule has 2 rings (SSSR count). The molecule has 0 saturated carbocycles. The largest absolute Gasteiger partial charge is 0.493 e. The molecule has 0 fully saturated rings. The maximum Gasteiger partial charge on any atom is 0.122 e. The summed E-state index contributed by atoms with van der Waals surface area (Å²) in [6, 6.07) is 6.56. The minimum Gasteiger partial charge on any atom is -0.493 e. The van der Waals surface area contributed by atoms with Gasteiger partial charge in [0.2, 0.25) is 0 Å². The van der Waals surface area contributed by atoms with E-state index in [1.165, 1.54) is 11.1 Å². The van der Waals surface area contributed by atoms with Gasteiger partial charge >= 0.3 is 0 Å². The third-order valence-electron chi connectivity index (χ3n) is 3.50. The summed E-state index contributed by atoms with van der Waals surface area (Å²) >= 11 is 0. The van der Waals surface area contributed by atoms with Crippen molar-refractivity contribution in [2.45, 2.75) is 59.5 Å². The van der Waals surface area contributed by atoms with Gasteiger partial charge in [0.1, 0.15) is 5.75 Å². The van der Waals surface area contributed by atoms with E-state index in [-0.39, 0.29) is 5.54 Å². The van der Waals surface area contributed by atoms with E-state index in [2.05, 4.69) is 58.1 Å². The zero-order chi connectivity index (χ0) is 14.1. The van der Waals surface area contributed by atoms with Gasteiger partial charge < -0.3 is 10.1 Å². The van der Waals surface area contributed by atoms with Crippen molar-refractivity contribution in [2.75, 3.05) is 6.61 Å². The van der Waals surface area contributed by atoms with Crippen LogP contribution in [0.5, 0.6) is 5.75 Å². The molecule has 1 aliphatic rings. The first-order valence-electron chi connectivity index (χ1n) is 7.25. The van der Waals surface area contributed by atoms with Crippen LogP contribution >= 0.6 is 0 Å². The van der Waals surface area contributed by atoms with Gasteiger partial charge in [-0.15, -0.1) is 0 Å². The topological polar surface area (TPSA) is 21.3 Å². The Morgan fingerprint density at radius 2 is 1.89 bits per heavy atom. The zero-order valence-corrected chi connectivity index (χ0v) is 13.0. The first kappa shape index (κ1) is 14.4. The standard InChI is InChI=1S/C17H27NO/c1-16(2,3)12-17(4,5)18-11-13-6-7-15-14(10-13)8-9-19-15/h6-7,10,18H,8-9,11-12H2,1-5H3. The summed E-state index contributed by atoms with van der Waals surface area (Å²) in [5.41, 5.74) is 3.22. The molecular weight excluding hydrogens is 234 g/mol. The summed E-state index contributed by atoms with van der Waals surface area (Å²) in [6.45, 7) is 13.2. The van der Waals surface area contributed by atoms with Crippen molar-refractivity contribution in [3.63, 3.8) is 0 Å². The summed E-state index contributed by atoms with van der Waals surface area (Å²) in [4.78, 5) is 0. The van der Waals surface area contributed by atoms with Gasteiger partial charge in [0.15, 0.2) is 0 Å². The number of fused-ring (bicyclic) bond motifs is 1. The molecule has 2 heteroatoms. The Bertz CT molecular complexity index is 443. The summed E-state index contributed by atoms with van der Waals surface area (Å²) in [5.74, 6) is 1.07. The Labute approximate surface area is 117 Å². The molecule has 1 N–H and O–H groups in total. The molecule has 106 valence electrons. The fraction of sp³-hybridized carbons (Fsp3) is 0.647. The molecule has 19 heavy (non-hydrogen) atoms. The van der Waals surface area contributed by atoms with Crippen LogP contribution in [0.2, 0.25) is 0 Å². The van der Waals surface area contributed by atoms with Crippen molar-refractivity contribution >= 4 is 0 Å². The van der Waals surface area contributed by atoms with Gasteiger partial charge in [0.25, 0.3) is 0 Å². The number of benzene rings is 1. The van der Waals surface area contributed by atoms with Crippen molar-refractivity contribution in [3.8, 4) is 5.75 Å². The molecule has 0 bridgehead atoms. The van der Waals surface area contributed by atoms with Crippen LogP contribution < -0.4 is 10.1 Å². The second kappa shape index (κ2) is 5.16. The average molecular weight is 261 g/mol. The van der Waals surface area contributed by atoms with Crippen LogP contribution in [0, 0.1) is 5.41 Å². The summed E-state index contributed by atoms with van der Waals surface area (Å²) in [6.07, 6.45) is 2.21. The van der Waals surface area contributed by atoms with Crippen molar-refractivity contribution in [3.05, 3.63) is 29.3 Å². The molecule has 0 radical (unpaired) electrons. The van der Waals surface area contributed by atoms with Gasteiger partial charge in [0, 0.05) is 18.5 Å². The van der Waals surface area contributed by atoms with Gasteiger partial charge in [-0.05, 0) is 42.9 Å². The molecule has 0 amide bonds. The van der Waals surface area contributed by atoms with Crippen molar-refractivity contribution in [1.29, 1.82) is 0 Å². The fourth-order valence-corrected chi connectivity index (χ4v) is 3.08. The molecule has 0 atom stereocenters. The lowest BCUT2D eigenvalue weighted by atomic mass is 9.81. The number of hydrogen-bond acceptors (Lipinski definition) is 2. The molecule has 2 nitrogen and oxygen atoms in total. The highest BCUT2D eigenvalue weighted by atomic mass is 16.5. The van der Waals surface area contributed by atoms with Crippen LogP contribution in [0.3, 0.4) is 0 Å². The Morgan fingerprint density at radius 1 is 1.16 bits per heavy atom. The number of rotatable bonds is 4. The Balaban J connectivity index is 1.95. The molecular formula is C17H27NO. The summed E-state index contributed by atoms with van der Waals surface area (Å²) in [7, 11) is 0. The molecule has 1 aromatic rings. The Hall–Kier alpha value is -1.02. The van der Waals surface area contributed by atoms with Crippen molar-refractivity contribution in [2.24, 2.45) is 5.41 Å². The van der Waals surface area contributed by atoms with Crippen molar-refractivity contribution in [1.82, 2.24) is 5.32 Å². The van der Waals surface area contributed by atoms with Crippen LogP contribution in [-0.2, 0) is 13.0 Å². The quantitative estimate of drug-likeness (QED) is 0.887. The summed E-state index contributed by atoms with van der Waals surface area (Å²) < 4.78 is 5.54. The van der Waals surface area contributed by atoms with Gasteiger partial charge in [-0.25, -0.2) is 0 Å². The van der Waals surface area contributed by atoms with E-state index in [1.807, 2.05) is 0 Å². The highest BCUT2D eigenvalue weighted by molar-refractivity contribution is 5.39. The van der Waals surface area contributed by atoms with E-state index >= 15 is 0 Å². The lowest BCUT2D eigenvalue weighted by Crippen LogP contribution is -2.41. The predicted octanol–water partition coefficient (Wildman–Crippen LogP) is 3.93. The minimum atomic E-state index is 0.160. The van der Waals surface area contributed by atoms with Crippen LogP contribution in [-0.4, -0.2) is 12.1 Å².